The molecule has 0 aliphatic carbocycles. The molecule has 0 saturated carbocycles. The van der Waals surface area contributed by atoms with Crippen LogP contribution in [-0.2, 0) is 23.8 Å². The molecule has 2 aliphatic heterocycles. The molecular formula is C27H24F3N5O3. The van der Waals surface area contributed by atoms with Gasteiger partial charge in [0, 0.05) is 60.6 Å². The average Bonchev–Trinajstić information content (AvgIpc) is 3.66. The van der Waals surface area contributed by atoms with Gasteiger partial charge in [0.25, 0.3) is 5.91 Å². The highest BCUT2D eigenvalue weighted by atomic mass is 19.4. The van der Waals surface area contributed by atoms with E-state index >= 15 is 0 Å². The topological polar surface area (TPSA) is 89.8 Å². The number of nitrogens with one attached hydrogen (secondary N) is 2. The number of amides is 1. The number of alkyl halides is 3. The molecule has 4 heterocycles. The third-order valence-electron chi connectivity index (χ3n) is 6.82. The first-order valence-electron chi connectivity index (χ1n) is 12.3. The number of rotatable bonds is 6. The van der Waals surface area contributed by atoms with Crippen LogP contribution in [0.4, 0.5) is 24.5 Å². The number of aromatic nitrogens is 3. The van der Waals surface area contributed by atoms with Crippen molar-refractivity contribution in [1.29, 1.82) is 0 Å². The Labute approximate surface area is 215 Å². The van der Waals surface area contributed by atoms with E-state index in [1.807, 2.05) is 6.07 Å². The highest BCUT2D eigenvalue weighted by Gasteiger charge is 2.39. The number of hydrogen-bond donors (Lipinski definition) is 2. The molecule has 1 fully saturated rings. The number of fused-ring (bicyclic) bond motifs is 2. The predicted molar refractivity (Wildman–Crippen MR) is 134 cm³/mol. The van der Waals surface area contributed by atoms with Gasteiger partial charge in [-0.2, -0.15) is 13.2 Å². The van der Waals surface area contributed by atoms with Crippen molar-refractivity contribution in [3.8, 4) is 5.75 Å². The van der Waals surface area contributed by atoms with Crippen LogP contribution >= 0.6 is 0 Å². The van der Waals surface area contributed by atoms with E-state index in [4.69, 9.17) is 9.47 Å². The van der Waals surface area contributed by atoms with E-state index in [2.05, 4.69) is 20.6 Å². The molecule has 0 spiro atoms. The predicted octanol–water partition coefficient (Wildman–Crippen LogP) is 4.73. The SMILES string of the molecule is O=C(Nc1ccc(OC2CCOC2)c(C(F)(F)F)c1Cc1cnc2cnccn12)c1ccc2c(c1)NCC2. The van der Waals surface area contributed by atoms with Gasteiger partial charge >= 0.3 is 6.18 Å². The Morgan fingerprint density at radius 3 is 2.95 bits per heavy atom. The maximum Gasteiger partial charge on any atom is 0.420 e. The zero-order chi connectivity index (χ0) is 26.3. The zero-order valence-electron chi connectivity index (χ0n) is 20.2. The van der Waals surface area contributed by atoms with E-state index in [0.717, 1.165) is 24.2 Å². The van der Waals surface area contributed by atoms with E-state index in [1.54, 1.807) is 22.7 Å². The number of halogens is 3. The lowest BCUT2D eigenvalue weighted by molar-refractivity contribution is -0.139. The summed E-state index contributed by atoms with van der Waals surface area (Å²) < 4.78 is 56.7. The Morgan fingerprint density at radius 1 is 1.24 bits per heavy atom. The number of benzene rings is 2. The van der Waals surface area contributed by atoms with Gasteiger partial charge in [0.1, 0.15) is 17.4 Å². The second kappa shape index (κ2) is 9.64. The van der Waals surface area contributed by atoms with Gasteiger partial charge < -0.3 is 24.5 Å². The summed E-state index contributed by atoms with van der Waals surface area (Å²) in [6.07, 6.45) is 2.18. The first-order chi connectivity index (χ1) is 18.4. The molecule has 2 aromatic heterocycles. The molecule has 1 atom stereocenters. The van der Waals surface area contributed by atoms with Crippen LogP contribution in [-0.4, -0.2) is 46.1 Å². The highest BCUT2D eigenvalue weighted by Crippen LogP contribution is 2.43. The van der Waals surface area contributed by atoms with E-state index in [1.165, 1.54) is 30.7 Å². The molecule has 0 bridgehead atoms. The first-order valence-corrected chi connectivity index (χ1v) is 12.3. The smallest absolute Gasteiger partial charge is 0.420 e. The van der Waals surface area contributed by atoms with E-state index in [-0.39, 0.29) is 30.0 Å². The van der Waals surface area contributed by atoms with Crippen molar-refractivity contribution in [3.05, 3.63) is 83.1 Å². The summed E-state index contributed by atoms with van der Waals surface area (Å²) in [5.74, 6) is -0.797. The molecular weight excluding hydrogens is 499 g/mol. The Bertz CT molecular complexity index is 1510. The maximum absolute atomic E-state index is 14.7. The van der Waals surface area contributed by atoms with Crippen LogP contribution in [0.25, 0.3) is 5.65 Å². The molecule has 11 heteroatoms. The number of nitrogens with zero attached hydrogens (tertiary/aromatic N) is 3. The van der Waals surface area contributed by atoms with Crippen LogP contribution < -0.4 is 15.4 Å². The molecule has 2 N–H and O–H groups in total. The van der Waals surface area contributed by atoms with Crippen molar-refractivity contribution >= 4 is 22.9 Å². The molecule has 6 rings (SSSR count). The molecule has 2 aromatic carbocycles. The minimum Gasteiger partial charge on any atom is -0.487 e. The lowest BCUT2D eigenvalue weighted by atomic mass is 9.98. The van der Waals surface area contributed by atoms with Gasteiger partial charge in [-0.15, -0.1) is 0 Å². The van der Waals surface area contributed by atoms with Gasteiger partial charge in [0.15, 0.2) is 5.65 Å². The molecule has 196 valence electrons. The summed E-state index contributed by atoms with van der Waals surface area (Å²) in [4.78, 5) is 21.5. The van der Waals surface area contributed by atoms with Crippen LogP contribution in [0.15, 0.2) is 55.1 Å². The summed E-state index contributed by atoms with van der Waals surface area (Å²) in [5, 5.41) is 5.94. The largest absolute Gasteiger partial charge is 0.487 e. The third kappa shape index (κ3) is 4.65. The van der Waals surface area contributed by atoms with E-state index in [0.29, 0.717) is 29.9 Å². The lowest BCUT2D eigenvalue weighted by Gasteiger charge is -2.23. The van der Waals surface area contributed by atoms with Crippen molar-refractivity contribution in [3.63, 3.8) is 0 Å². The lowest BCUT2D eigenvalue weighted by Crippen LogP contribution is -2.22. The van der Waals surface area contributed by atoms with E-state index < -0.39 is 23.8 Å². The Kier molecular flexibility index (Phi) is 6.15. The Hall–Kier alpha value is -4.12. The van der Waals surface area contributed by atoms with Crippen molar-refractivity contribution in [1.82, 2.24) is 14.4 Å². The van der Waals surface area contributed by atoms with Gasteiger partial charge in [0.2, 0.25) is 0 Å². The molecule has 0 radical (unpaired) electrons. The number of hydrogen-bond acceptors (Lipinski definition) is 6. The van der Waals surface area contributed by atoms with Crippen LogP contribution in [0.5, 0.6) is 5.75 Å². The van der Waals surface area contributed by atoms with Gasteiger partial charge in [-0.3, -0.25) is 9.78 Å². The van der Waals surface area contributed by atoms with Gasteiger partial charge in [-0.25, -0.2) is 4.98 Å². The first kappa shape index (κ1) is 24.2. The molecule has 8 nitrogen and oxygen atoms in total. The van der Waals surface area contributed by atoms with Crippen LogP contribution in [0.3, 0.4) is 0 Å². The summed E-state index contributed by atoms with van der Waals surface area (Å²) in [7, 11) is 0. The number of anilines is 2. The van der Waals surface area contributed by atoms with Gasteiger partial charge in [-0.1, -0.05) is 6.07 Å². The highest BCUT2D eigenvalue weighted by molar-refractivity contribution is 6.05. The van der Waals surface area contributed by atoms with Crippen molar-refractivity contribution in [2.24, 2.45) is 0 Å². The van der Waals surface area contributed by atoms with Crippen LogP contribution in [0.2, 0.25) is 0 Å². The quantitative estimate of drug-likeness (QED) is 0.380. The number of ether oxygens (including phenoxy) is 2. The van der Waals surface area contributed by atoms with Crippen LogP contribution in [0.1, 0.15) is 39.2 Å². The molecule has 2 aliphatic rings. The van der Waals surface area contributed by atoms with Crippen molar-refractivity contribution < 1.29 is 27.4 Å². The number of carbonyl (C=O) groups excluding carboxylic acids is 1. The monoisotopic (exact) mass is 523 g/mol. The number of imidazole rings is 1. The number of carbonyl (C=O) groups is 1. The van der Waals surface area contributed by atoms with Gasteiger partial charge in [0.05, 0.1) is 19.4 Å². The Morgan fingerprint density at radius 2 is 2.13 bits per heavy atom. The second-order valence-corrected chi connectivity index (χ2v) is 9.30. The average molecular weight is 524 g/mol. The zero-order valence-corrected chi connectivity index (χ0v) is 20.2. The second-order valence-electron chi connectivity index (χ2n) is 9.30. The molecule has 38 heavy (non-hydrogen) atoms. The maximum atomic E-state index is 14.7. The normalized spacial score (nSPS) is 16.9. The Balaban J connectivity index is 1.43. The molecule has 4 aromatic rings. The summed E-state index contributed by atoms with van der Waals surface area (Å²) in [5.41, 5.74) is 2.32. The molecule has 1 amide bonds. The van der Waals surface area contributed by atoms with Crippen molar-refractivity contribution in [2.45, 2.75) is 31.5 Å². The van der Waals surface area contributed by atoms with Crippen molar-refractivity contribution in [2.75, 3.05) is 30.4 Å². The molecule has 1 unspecified atom stereocenters. The fourth-order valence-corrected chi connectivity index (χ4v) is 4.95. The molecule has 1 saturated heterocycles. The fourth-order valence-electron chi connectivity index (χ4n) is 4.95. The summed E-state index contributed by atoms with van der Waals surface area (Å²) >= 11 is 0. The minimum atomic E-state index is -4.75. The minimum absolute atomic E-state index is 0.0508. The van der Waals surface area contributed by atoms with Crippen LogP contribution in [0, 0.1) is 0 Å². The fraction of sp³-hybridized carbons (Fsp3) is 0.296. The summed E-state index contributed by atoms with van der Waals surface area (Å²) in [6.45, 7) is 1.43. The van der Waals surface area contributed by atoms with E-state index in [9.17, 15) is 18.0 Å². The summed E-state index contributed by atoms with van der Waals surface area (Å²) in [6, 6.07) is 7.99. The third-order valence-corrected chi connectivity index (χ3v) is 6.82. The standard InChI is InChI=1S/C27H24F3N5O3/c28-27(29,30)25-20(12-18-13-33-24-14-31-8-9-35(18)24)21(3-4-23(25)38-19-6-10-37-15-19)34-26(36)17-2-1-16-5-7-32-22(16)11-17/h1-4,8-9,11,13-14,19,32H,5-7,10,12,15H2,(H,34,36). The van der Waals surface area contributed by atoms with Gasteiger partial charge in [-0.05, 0) is 41.8 Å².